The lowest BCUT2D eigenvalue weighted by atomic mass is 10.1. The summed E-state index contributed by atoms with van der Waals surface area (Å²) in [7, 11) is -4.27. The van der Waals surface area contributed by atoms with E-state index in [1.807, 2.05) is 0 Å². The van der Waals surface area contributed by atoms with E-state index in [0.29, 0.717) is 16.8 Å². The van der Waals surface area contributed by atoms with Crippen molar-refractivity contribution in [1.29, 1.82) is 5.26 Å². The third kappa shape index (κ3) is 2.86. The average Bonchev–Trinajstić information content (AvgIpc) is 3.08. The van der Waals surface area contributed by atoms with Gasteiger partial charge in [0.05, 0.1) is 11.9 Å². The standard InChI is InChI=1S/C14H10F3N5O3S/c1-8-11(7-21(2)20-8)9-3-12(25-26(23,24)14(15,16)17)13-10(4-18)5-19-22(13)6-9/h3,5-7H,1-2H3. The zero-order valence-electron chi connectivity index (χ0n) is 13.3. The van der Waals surface area contributed by atoms with Gasteiger partial charge in [0.15, 0.2) is 5.75 Å². The Morgan fingerprint density at radius 1 is 1.31 bits per heavy atom. The minimum atomic E-state index is -5.92. The molecule has 0 spiro atoms. The van der Waals surface area contributed by atoms with Gasteiger partial charge in [-0.2, -0.15) is 37.0 Å². The molecule has 0 aliphatic carbocycles. The molecule has 0 atom stereocenters. The van der Waals surface area contributed by atoms with Crippen LogP contribution in [0.15, 0.2) is 24.7 Å². The van der Waals surface area contributed by atoms with Gasteiger partial charge in [-0.1, -0.05) is 0 Å². The predicted molar refractivity (Wildman–Crippen MR) is 82.4 cm³/mol. The van der Waals surface area contributed by atoms with Crippen LogP contribution in [0.1, 0.15) is 11.3 Å². The second kappa shape index (κ2) is 5.73. The molecule has 0 saturated carbocycles. The van der Waals surface area contributed by atoms with E-state index in [4.69, 9.17) is 5.26 Å². The summed E-state index contributed by atoms with van der Waals surface area (Å²) < 4.78 is 67.8. The molecule has 3 rings (SSSR count). The SMILES string of the molecule is Cc1nn(C)cc1-c1cc(OS(=O)(=O)C(F)(F)F)c2c(C#N)cnn2c1. The van der Waals surface area contributed by atoms with Gasteiger partial charge in [0.25, 0.3) is 0 Å². The first-order valence-corrected chi connectivity index (χ1v) is 8.37. The van der Waals surface area contributed by atoms with E-state index in [2.05, 4.69) is 14.4 Å². The lowest BCUT2D eigenvalue weighted by Gasteiger charge is -2.12. The molecule has 136 valence electrons. The fourth-order valence-electron chi connectivity index (χ4n) is 2.43. The van der Waals surface area contributed by atoms with Crippen molar-refractivity contribution in [3.05, 3.63) is 35.9 Å². The van der Waals surface area contributed by atoms with E-state index in [-0.39, 0.29) is 11.1 Å². The van der Waals surface area contributed by atoms with Crippen LogP contribution in [0.2, 0.25) is 0 Å². The molecule has 26 heavy (non-hydrogen) atoms. The molecule has 0 aromatic carbocycles. The number of rotatable bonds is 3. The zero-order chi connectivity index (χ0) is 19.3. The molecule has 0 N–H and O–H groups in total. The highest BCUT2D eigenvalue weighted by molar-refractivity contribution is 7.88. The molecule has 0 radical (unpaired) electrons. The molecule has 0 saturated heterocycles. The van der Waals surface area contributed by atoms with Crippen molar-refractivity contribution < 1.29 is 25.8 Å². The van der Waals surface area contributed by atoms with Crippen molar-refractivity contribution in [1.82, 2.24) is 19.4 Å². The Bertz CT molecular complexity index is 1160. The van der Waals surface area contributed by atoms with Crippen LogP contribution in [-0.2, 0) is 17.2 Å². The lowest BCUT2D eigenvalue weighted by molar-refractivity contribution is -0.0499. The molecule has 3 aromatic heterocycles. The molecule has 8 nitrogen and oxygen atoms in total. The van der Waals surface area contributed by atoms with Crippen LogP contribution >= 0.6 is 0 Å². The first kappa shape index (κ1) is 17.7. The number of alkyl halides is 3. The number of fused-ring (bicyclic) bond motifs is 1. The van der Waals surface area contributed by atoms with E-state index < -0.39 is 21.4 Å². The maximum absolute atomic E-state index is 12.7. The normalized spacial score (nSPS) is 12.3. The largest absolute Gasteiger partial charge is 0.534 e. The van der Waals surface area contributed by atoms with Gasteiger partial charge in [0.1, 0.15) is 17.1 Å². The first-order chi connectivity index (χ1) is 12.0. The summed E-state index contributed by atoms with van der Waals surface area (Å²) in [6, 6.07) is 2.84. The Kier molecular flexibility index (Phi) is 3.91. The molecule has 0 fully saturated rings. The molecule has 0 amide bonds. The number of hydrogen-bond acceptors (Lipinski definition) is 6. The maximum atomic E-state index is 12.7. The second-order valence-corrected chi connectivity index (χ2v) is 6.88. The van der Waals surface area contributed by atoms with Crippen molar-refractivity contribution in [2.45, 2.75) is 12.4 Å². The van der Waals surface area contributed by atoms with E-state index >= 15 is 0 Å². The summed E-state index contributed by atoms with van der Waals surface area (Å²) in [5.74, 6) is -0.655. The van der Waals surface area contributed by atoms with Gasteiger partial charge < -0.3 is 4.18 Å². The van der Waals surface area contributed by atoms with E-state index in [9.17, 15) is 21.6 Å². The highest BCUT2D eigenvalue weighted by atomic mass is 32.2. The van der Waals surface area contributed by atoms with Gasteiger partial charge in [-0.05, 0) is 13.0 Å². The van der Waals surface area contributed by atoms with Crippen LogP contribution in [-0.4, -0.2) is 33.3 Å². The second-order valence-electron chi connectivity index (χ2n) is 5.34. The number of halogens is 3. The minimum absolute atomic E-state index is 0.133. The molecule has 0 bridgehead atoms. The summed E-state index contributed by atoms with van der Waals surface area (Å²) in [5.41, 5.74) is -4.51. The third-order valence-corrected chi connectivity index (χ3v) is 4.47. The quantitative estimate of drug-likeness (QED) is 0.506. The number of nitriles is 1. The van der Waals surface area contributed by atoms with Gasteiger partial charge in [0.2, 0.25) is 0 Å². The third-order valence-electron chi connectivity index (χ3n) is 3.50. The maximum Gasteiger partial charge on any atom is 0.534 e. The summed E-state index contributed by atoms with van der Waals surface area (Å²) in [5, 5.41) is 17.1. The summed E-state index contributed by atoms with van der Waals surface area (Å²) in [4.78, 5) is 0. The van der Waals surface area contributed by atoms with Crippen LogP contribution in [0, 0.1) is 18.3 Å². The molecule has 0 aliphatic heterocycles. The van der Waals surface area contributed by atoms with Crippen molar-refractivity contribution >= 4 is 15.6 Å². The summed E-state index contributed by atoms with van der Waals surface area (Å²) in [6.45, 7) is 1.68. The number of aromatic nitrogens is 4. The number of pyridine rings is 1. The molecule has 3 aromatic rings. The smallest absolute Gasteiger partial charge is 0.374 e. The van der Waals surface area contributed by atoms with E-state index in [0.717, 1.165) is 16.8 Å². The van der Waals surface area contributed by atoms with Crippen molar-refractivity contribution in [2.75, 3.05) is 0 Å². The topological polar surface area (TPSA) is 102 Å². The molecule has 0 unspecified atom stereocenters. The number of aryl methyl sites for hydroxylation is 2. The first-order valence-electron chi connectivity index (χ1n) is 6.96. The summed E-state index contributed by atoms with van der Waals surface area (Å²) in [6.07, 6.45) is 4.14. The Balaban J connectivity index is 2.27. The van der Waals surface area contributed by atoms with E-state index in [1.54, 1.807) is 26.2 Å². The monoisotopic (exact) mass is 385 g/mol. The lowest BCUT2D eigenvalue weighted by Crippen LogP contribution is -2.28. The zero-order valence-corrected chi connectivity index (χ0v) is 14.1. The molecule has 3 heterocycles. The minimum Gasteiger partial charge on any atom is -0.374 e. The van der Waals surface area contributed by atoms with Crippen LogP contribution in [0.3, 0.4) is 0 Å². The summed E-state index contributed by atoms with van der Waals surface area (Å²) >= 11 is 0. The van der Waals surface area contributed by atoms with Gasteiger partial charge in [0, 0.05) is 30.6 Å². The van der Waals surface area contributed by atoms with Crippen LogP contribution < -0.4 is 4.18 Å². The Morgan fingerprint density at radius 3 is 2.54 bits per heavy atom. The van der Waals surface area contributed by atoms with Crippen molar-refractivity contribution in [3.63, 3.8) is 0 Å². The van der Waals surface area contributed by atoms with Crippen LogP contribution in [0.4, 0.5) is 13.2 Å². The Morgan fingerprint density at radius 2 is 2.00 bits per heavy atom. The number of hydrogen-bond donors (Lipinski definition) is 0. The molecule has 12 heteroatoms. The van der Waals surface area contributed by atoms with Gasteiger partial charge >= 0.3 is 15.6 Å². The Hall–Kier alpha value is -3.07. The fourth-order valence-corrected chi connectivity index (χ4v) is 2.88. The highest BCUT2D eigenvalue weighted by Crippen LogP contribution is 2.34. The highest BCUT2D eigenvalue weighted by Gasteiger charge is 2.49. The van der Waals surface area contributed by atoms with Crippen LogP contribution in [0.5, 0.6) is 5.75 Å². The Labute approximate surface area is 145 Å². The van der Waals surface area contributed by atoms with Gasteiger partial charge in [-0.25, -0.2) is 4.52 Å². The molecule has 0 aliphatic rings. The van der Waals surface area contributed by atoms with Crippen LogP contribution in [0.25, 0.3) is 16.6 Å². The van der Waals surface area contributed by atoms with Gasteiger partial charge in [-0.15, -0.1) is 0 Å². The average molecular weight is 385 g/mol. The van der Waals surface area contributed by atoms with E-state index in [1.165, 1.54) is 10.9 Å². The predicted octanol–water partition coefficient (Wildman–Crippen LogP) is 2.14. The number of nitrogens with zero attached hydrogens (tertiary/aromatic N) is 5. The van der Waals surface area contributed by atoms with Crippen molar-refractivity contribution in [2.24, 2.45) is 7.05 Å². The fraction of sp³-hybridized carbons (Fsp3) is 0.214. The molecular formula is C14H10F3N5O3S. The van der Waals surface area contributed by atoms with Crippen molar-refractivity contribution in [3.8, 4) is 22.9 Å². The van der Waals surface area contributed by atoms with Gasteiger partial charge in [-0.3, -0.25) is 4.68 Å². The molecular weight excluding hydrogens is 375 g/mol.